The first-order valence-corrected chi connectivity index (χ1v) is 7.55. The average Bonchev–Trinajstić information content (AvgIpc) is 2.98. The van der Waals surface area contributed by atoms with E-state index < -0.39 is 0 Å². The van der Waals surface area contributed by atoms with Crippen molar-refractivity contribution in [2.45, 2.75) is 37.4 Å². The van der Waals surface area contributed by atoms with Crippen LogP contribution in [0, 0.1) is 5.92 Å². The summed E-state index contributed by atoms with van der Waals surface area (Å²) >= 11 is 1.97. The fraction of sp³-hybridized carbons (Fsp3) is 0.833. The van der Waals surface area contributed by atoms with E-state index in [2.05, 4.69) is 22.4 Å². The van der Waals surface area contributed by atoms with Gasteiger partial charge in [0.2, 0.25) is 5.89 Å². The lowest BCUT2D eigenvalue weighted by molar-refractivity contribution is 0.336. The summed E-state index contributed by atoms with van der Waals surface area (Å²) in [5.41, 5.74) is 0. The molecule has 4 nitrogen and oxygen atoms in total. The van der Waals surface area contributed by atoms with Gasteiger partial charge in [0, 0.05) is 6.54 Å². The van der Waals surface area contributed by atoms with Gasteiger partial charge in [-0.15, -0.1) is 0 Å². The van der Waals surface area contributed by atoms with Crippen LogP contribution in [-0.4, -0.2) is 29.0 Å². The number of nitrogens with zero attached hydrogens (tertiary/aromatic N) is 2. The summed E-state index contributed by atoms with van der Waals surface area (Å²) in [7, 11) is 0. The summed E-state index contributed by atoms with van der Waals surface area (Å²) in [6.45, 7) is 4.27. The van der Waals surface area contributed by atoms with E-state index in [9.17, 15) is 0 Å². The molecule has 0 amide bonds. The van der Waals surface area contributed by atoms with E-state index in [4.69, 9.17) is 4.52 Å². The van der Waals surface area contributed by atoms with Gasteiger partial charge in [-0.3, -0.25) is 0 Å². The Labute approximate surface area is 106 Å². The van der Waals surface area contributed by atoms with Crippen molar-refractivity contribution in [3.8, 4) is 0 Å². The Morgan fingerprint density at radius 2 is 2.29 bits per heavy atom. The van der Waals surface area contributed by atoms with Crippen molar-refractivity contribution in [1.82, 2.24) is 15.5 Å². The minimum atomic E-state index is 0.407. The van der Waals surface area contributed by atoms with Gasteiger partial charge in [-0.1, -0.05) is 18.5 Å². The second kappa shape index (κ2) is 4.98. The number of thioether (sulfide) groups is 1. The van der Waals surface area contributed by atoms with E-state index in [-0.39, 0.29) is 0 Å². The van der Waals surface area contributed by atoms with Gasteiger partial charge in [0.15, 0.2) is 5.82 Å². The Bertz CT molecular complexity index is 376. The molecular weight excluding hydrogens is 234 g/mol. The molecule has 1 N–H and O–H groups in total. The van der Waals surface area contributed by atoms with Crippen molar-refractivity contribution >= 4 is 11.8 Å². The molecule has 94 valence electrons. The van der Waals surface area contributed by atoms with Crippen LogP contribution in [0.5, 0.6) is 0 Å². The maximum Gasteiger partial charge on any atom is 0.231 e. The molecule has 0 saturated carbocycles. The minimum Gasteiger partial charge on any atom is -0.339 e. The van der Waals surface area contributed by atoms with E-state index in [0.29, 0.717) is 17.1 Å². The van der Waals surface area contributed by atoms with Crippen LogP contribution < -0.4 is 5.32 Å². The van der Waals surface area contributed by atoms with Crippen LogP contribution in [0.2, 0.25) is 0 Å². The molecule has 1 aromatic heterocycles. The number of nitrogens with one attached hydrogen (secondary N) is 1. The van der Waals surface area contributed by atoms with Gasteiger partial charge in [-0.25, -0.2) is 0 Å². The third kappa shape index (κ3) is 2.36. The maximum atomic E-state index is 5.46. The van der Waals surface area contributed by atoms with Crippen LogP contribution in [0.3, 0.4) is 0 Å². The molecule has 2 aliphatic heterocycles. The molecule has 2 fully saturated rings. The van der Waals surface area contributed by atoms with Crippen LogP contribution >= 0.6 is 11.8 Å². The highest BCUT2D eigenvalue weighted by Gasteiger charge is 2.31. The third-order valence-electron chi connectivity index (χ3n) is 3.76. The lowest BCUT2D eigenvalue weighted by Crippen LogP contribution is -2.09. The summed E-state index contributed by atoms with van der Waals surface area (Å²) in [5.74, 6) is 4.00. The van der Waals surface area contributed by atoms with Crippen molar-refractivity contribution in [3.63, 3.8) is 0 Å². The van der Waals surface area contributed by atoms with Crippen molar-refractivity contribution in [2.24, 2.45) is 5.92 Å². The molecule has 0 spiro atoms. The fourth-order valence-electron chi connectivity index (χ4n) is 2.61. The van der Waals surface area contributed by atoms with Crippen molar-refractivity contribution in [2.75, 3.05) is 18.8 Å². The largest absolute Gasteiger partial charge is 0.339 e. The SMILES string of the molecule is C[C@@H]1CNC[C@H]1c1nc(C2CCCCS2)no1. The Hall–Kier alpha value is -0.550. The Balaban J connectivity index is 1.73. The van der Waals surface area contributed by atoms with E-state index in [1.165, 1.54) is 25.0 Å². The second-order valence-corrected chi connectivity index (χ2v) is 6.40. The van der Waals surface area contributed by atoms with Gasteiger partial charge >= 0.3 is 0 Å². The van der Waals surface area contributed by atoms with Crippen molar-refractivity contribution in [1.29, 1.82) is 0 Å². The summed E-state index contributed by atoms with van der Waals surface area (Å²) in [6, 6.07) is 0. The fourth-order valence-corrected chi connectivity index (χ4v) is 3.85. The first-order valence-electron chi connectivity index (χ1n) is 6.50. The molecule has 3 atom stereocenters. The van der Waals surface area contributed by atoms with Gasteiger partial charge in [-0.05, 0) is 31.1 Å². The Kier molecular flexibility index (Phi) is 3.38. The molecule has 3 rings (SSSR count). The number of hydrogen-bond acceptors (Lipinski definition) is 5. The van der Waals surface area contributed by atoms with E-state index in [1.54, 1.807) is 0 Å². The first kappa shape index (κ1) is 11.5. The highest BCUT2D eigenvalue weighted by atomic mass is 32.2. The standard InChI is InChI=1S/C12H19N3OS/c1-8-6-13-7-9(8)12-14-11(15-16-12)10-4-2-3-5-17-10/h8-10,13H,2-7H2,1H3/t8-,9-,10?/m1/s1. The van der Waals surface area contributed by atoms with E-state index in [1.807, 2.05) is 11.8 Å². The zero-order valence-corrected chi connectivity index (χ0v) is 11.0. The first-order chi connectivity index (χ1) is 8.34. The number of hydrogen-bond donors (Lipinski definition) is 1. The Morgan fingerprint density at radius 3 is 3.00 bits per heavy atom. The number of rotatable bonds is 2. The highest BCUT2D eigenvalue weighted by Crippen LogP contribution is 2.37. The summed E-state index contributed by atoms with van der Waals surface area (Å²) in [5, 5.41) is 8.02. The van der Waals surface area contributed by atoms with Crippen LogP contribution in [0.15, 0.2) is 4.52 Å². The van der Waals surface area contributed by atoms with Crippen LogP contribution in [0.1, 0.15) is 49.1 Å². The van der Waals surface area contributed by atoms with Gasteiger partial charge < -0.3 is 9.84 Å². The number of aromatic nitrogens is 2. The molecule has 0 bridgehead atoms. The quantitative estimate of drug-likeness (QED) is 0.876. The minimum absolute atomic E-state index is 0.407. The third-order valence-corrected chi connectivity index (χ3v) is 5.13. The van der Waals surface area contributed by atoms with Gasteiger partial charge in [-0.2, -0.15) is 16.7 Å². The molecule has 0 aliphatic carbocycles. The van der Waals surface area contributed by atoms with E-state index in [0.717, 1.165) is 24.8 Å². The predicted molar refractivity (Wildman–Crippen MR) is 68.1 cm³/mol. The van der Waals surface area contributed by atoms with Gasteiger partial charge in [0.25, 0.3) is 0 Å². The molecule has 2 aliphatic rings. The molecule has 0 aromatic carbocycles. The van der Waals surface area contributed by atoms with Crippen molar-refractivity contribution in [3.05, 3.63) is 11.7 Å². The van der Waals surface area contributed by atoms with Crippen LogP contribution in [-0.2, 0) is 0 Å². The highest BCUT2D eigenvalue weighted by molar-refractivity contribution is 7.99. The molecule has 3 heterocycles. The Morgan fingerprint density at radius 1 is 1.35 bits per heavy atom. The van der Waals surface area contributed by atoms with Crippen molar-refractivity contribution < 1.29 is 4.52 Å². The molecule has 1 unspecified atom stereocenters. The zero-order chi connectivity index (χ0) is 11.7. The zero-order valence-electron chi connectivity index (χ0n) is 10.2. The lowest BCUT2D eigenvalue weighted by atomic mass is 9.98. The summed E-state index contributed by atoms with van der Waals surface area (Å²) < 4.78 is 5.46. The smallest absolute Gasteiger partial charge is 0.231 e. The van der Waals surface area contributed by atoms with Gasteiger partial charge in [0.1, 0.15) is 0 Å². The normalized spacial score (nSPS) is 34.1. The van der Waals surface area contributed by atoms with Gasteiger partial charge in [0.05, 0.1) is 11.2 Å². The lowest BCUT2D eigenvalue weighted by Gasteiger charge is -2.17. The van der Waals surface area contributed by atoms with E-state index >= 15 is 0 Å². The molecule has 17 heavy (non-hydrogen) atoms. The average molecular weight is 253 g/mol. The topological polar surface area (TPSA) is 51.0 Å². The van der Waals surface area contributed by atoms with Crippen LogP contribution in [0.25, 0.3) is 0 Å². The maximum absolute atomic E-state index is 5.46. The molecule has 0 radical (unpaired) electrons. The molecule has 5 heteroatoms. The summed E-state index contributed by atoms with van der Waals surface area (Å²) in [4.78, 5) is 4.63. The molecular formula is C12H19N3OS. The second-order valence-electron chi connectivity index (χ2n) is 5.09. The summed E-state index contributed by atoms with van der Waals surface area (Å²) in [6.07, 6.45) is 3.82. The molecule has 2 saturated heterocycles. The predicted octanol–water partition coefficient (Wildman–Crippen LogP) is 2.35. The van der Waals surface area contributed by atoms with Crippen LogP contribution in [0.4, 0.5) is 0 Å². The monoisotopic (exact) mass is 253 g/mol. The molecule has 1 aromatic rings.